The first-order valence-electron chi connectivity index (χ1n) is 4.66. The van der Waals surface area contributed by atoms with Crippen LogP contribution in [0.3, 0.4) is 0 Å². The molecule has 1 aromatic rings. The van der Waals surface area contributed by atoms with E-state index in [0.29, 0.717) is 5.92 Å². The first-order chi connectivity index (χ1) is 5.75. The molecule has 70 valence electrons. The molecular formula is C10H19NS. The van der Waals surface area contributed by atoms with Crippen LogP contribution in [0.2, 0.25) is 0 Å². The summed E-state index contributed by atoms with van der Waals surface area (Å²) < 4.78 is 4.33. The lowest BCUT2D eigenvalue weighted by Crippen LogP contribution is -1.92. The third kappa shape index (κ3) is 2.94. The minimum atomic E-state index is 0.631. The van der Waals surface area contributed by atoms with E-state index in [1.807, 2.05) is 13.8 Å². The summed E-state index contributed by atoms with van der Waals surface area (Å²) in [5.74, 6) is 0.631. The third-order valence-electron chi connectivity index (χ3n) is 1.86. The Morgan fingerprint density at radius 3 is 2.42 bits per heavy atom. The van der Waals surface area contributed by atoms with Crippen molar-refractivity contribution in [3.63, 3.8) is 0 Å². The first-order valence-corrected chi connectivity index (χ1v) is 5.50. The molecule has 0 N–H and O–H groups in total. The van der Waals surface area contributed by atoms with Crippen LogP contribution in [0.5, 0.6) is 0 Å². The lowest BCUT2D eigenvalue weighted by atomic mass is 10.0. The largest absolute Gasteiger partial charge is 0.197 e. The second kappa shape index (κ2) is 6.18. The predicted octanol–water partition coefficient (Wildman–Crippen LogP) is 3.99. The van der Waals surface area contributed by atoms with Crippen LogP contribution in [-0.4, -0.2) is 4.37 Å². The molecule has 0 radical (unpaired) electrons. The van der Waals surface area contributed by atoms with Crippen molar-refractivity contribution in [3.05, 3.63) is 16.6 Å². The molecule has 0 fully saturated rings. The Morgan fingerprint density at radius 2 is 2.08 bits per heavy atom. The normalized spacial score (nSPS) is 11.8. The molecule has 0 aliphatic carbocycles. The summed E-state index contributed by atoms with van der Waals surface area (Å²) in [7, 11) is 0. The molecule has 1 rings (SSSR count). The number of hydrogen-bond donors (Lipinski definition) is 0. The van der Waals surface area contributed by atoms with E-state index in [0.717, 1.165) is 0 Å². The van der Waals surface area contributed by atoms with Gasteiger partial charge in [-0.2, -0.15) is 4.37 Å². The summed E-state index contributed by atoms with van der Waals surface area (Å²) in [4.78, 5) is 0. The van der Waals surface area contributed by atoms with Crippen LogP contribution in [0, 0.1) is 6.92 Å². The van der Waals surface area contributed by atoms with Crippen molar-refractivity contribution in [2.75, 3.05) is 0 Å². The standard InChI is InChI=1S/C8H13NS.C2H6/c1-4-6(2)8-7(3)5-10-9-8;1-2/h5-6H,4H2,1-3H3;1-2H3. The Labute approximate surface area is 80.0 Å². The quantitative estimate of drug-likeness (QED) is 0.679. The van der Waals surface area contributed by atoms with Crippen LogP contribution in [0.25, 0.3) is 0 Å². The van der Waals surface area contributed by atoms with Gasteiger partial charge in [0.05, 0.1) is 5.69 Å². The minimum Gasteiger partial charge on any atom is -0.197 e. The number of nitrogens with zero attached hydrogens (tertiary/aromatic N) is 1. The number of rotatable bonds is 2. The fraction of sp³-hybridized carbons (Fsp3) is 0.700. The summed E-state index contributed by atoms with van der Waals surface area (Å²) in [6.07, 6.45) is 1.19. The Bertz CT molecular complexity index is 205. The van der Waals surface area contributed by atoms with Crippen molar-refractivity contribution >= 4 is 11.5 Å². The van der Waals surface area contributed by atoms with E-state index in [2.05, 4.69) is 30.5 Å². The van der Waals surface area contributed by atoms with Crippen molar-refractivity contribution in [2.24, 2.45) is 0 Å². The van der Waals surface area contributed by atoms with Crippen molar-refractivity contribution < 1.29 is 0 Å². The van der Waals surface area contributed by atoms with E-state index in [1.54, 1.807) is 11.5 Å². The summed E-state index contributed by atoms with van der Waals surface area (Å²) >= 11 is 1.56. The molecule has 0 saturated heterocycles. The molecule has 0 aliphatic heterocycles. The molecule has 12 heavy (non-hydrogen) atoms. The van der Waals surface area contributed by atoms with Gasteiger partial charge in [-0.25, -0.2) is 0 Å². The van der Waals surface area contributed by atoms with E-state index >= 15 is 0 Å². The van der Waals surface area contributed by atoms with E-state index < -0.39 is 0 Å². The third-order valence-corrected chi connectivity index (χ3v) is 2.62. The average Bonchev–Trinajstić information content (AvgIpc) is 2.54. The predicted molar refractivity (Wildman–Crippen MR) is 56.9 cm³/mol. The first kappa shape index (κ1) is 11.6. The molecule has 0 amide bonds. The molecule has 0 saturated carbocycles. The summed E-state index contributed by atoms with van der Waals surface area (Å²) in [6.45, 7) is 10.6. The summed E-state index contributed by atoms with van der Waals surface area (Å²) in [5.41, 5.74) is 2.63. The lowest BCUT2D eigenvalue weighted by Gasteiger charge is -2.04. The topological polar surface area (TPSA) is 12.9 Å². The van der Waals surface area contributed by atoms with Gasteiger partial charge < -0.3 is 0 Å². The molecule has 0 bridgehead atoms. The summed E-state index contributed by atoms with van der Waals surface area (Å²) in [6, 6.07) is 0. The Balaban J connectivity index is 0.000000561. The highest BCUT2D eigenvalue weighted by atomic mass is 32.1. The summed E-state index contributed by atoms with van der Waals surface area (Å²) in [5, 5.41) is 2.11. The Hall–Kier alpha value is -0.370. The zero-order valence-corrected chi connectivity index (χ0v) is 9.53. The molecule has 1 aromatic heterocycles. The maximum absolute atomic E-state index is 4.33. The lowest BCUT2D eigenvalue weighted by molar-refractivity contribution is 0.712. The maximum Gasteiger partial charge on any atom is 0.0599 e. The van der Waals surface area contributed by atoms with Gasteiger partial charge in [-0.1, -0.05) is 27.7 Å². The van der Waals surface area contributed by atoms with E-state index in [4.69, 9.17) is 0 Å². The molecule has 0 spiro atoms. The molecule has 0 aromatic carbocycles. The van der Waals surface area contributed by atoms with Crippen LogP contribution >= 0.6 is 11.5 Å². The molecular weight excluding hydrogens is 166 g/mol. The van der Waals surface area contributed by atoms with Gasteiger partial charge in [0.2, 0.25) is 0 Å². The minimum absolute atomic E-state index is 0.631. The second-order valence-corrected chi connectivity index (χ2v) is 3.32. The van der Waals surface area contributed by atoms with E-state index in [1.165, 1.54) is 17.7 Å². The SMILES string of the molecule is CC.CCC(C)c1nscc1C. The highest BCUT2D eigenvalue weighted by Crippen LogP contribution is 2.21. The molecule has 1 unspecified atom stereocenters. The molecule has 1 nitrogen and oxygen atoms in total. The molecule has 2 heteroatoms. The van der Waals surface area contributed by atoms with Gasteiger partial charge in [-0.05, 0) is 36.4 Å². The van der Waals surface area contributed by atoms with Gasteiger partial charge in [0.1, 0.15) is 0 Å². The highest BCUT2D eigenvalue weighted by Gasteiger charge is 2.07. The van der Waals surface area contributed by atoms with Crippen molar-refractivity contribution in [3.8, 4) is 0 Å². The van der Waals surface area contributed by atoms with Crippen LogP contribution in [0.1, 0.15) is 51.3 Å². The fourth-order valence-electron chi connectivity index (χ4n) is 0.967. The van der Waals surface area contributed by atoms with Gasteiger partial charge in [0.15, 0.2) is 0 Å². The fourth-order valence-corrected chi connectivity index (χ4v) is 1.74. The van der Waals surface area contributed by atoms with Gasteiger partial charge in [0.25, 0.3) is 0 Å². The maximum atomic E-state index is 4.33. The van der Waals surface area contributed by atoms with Gasteiger partial charge in [-0.3, -0.25) is 0 Å². The molecule has 1 heterocycles. The Kier molecular flexibility index (Phi) is 5.99. The molecule has 1 atom stereocenters. The zero-order chi connectivity index (χ0) is 9.56. The second-order valence-electron chi connectivity index (χ2n) is 2.69. The van der Waals surface area contributed by atoms with E-state index in [-0.39, 0.29) is 0 Å². The number of aromatic nitrogens is 1. The van der Waals surface area contributed by atoms with Crippen molar-refractivity contribution in [1.82, 2.24) is 4.37 Å². The van der Waals surface area contributed by atoms with Gasteiger partial charge >= 0.3 is 0 Å². The van der Waals surface area contributed by atoms with Crippen LogP contribution in [0.4, 0.5) is 0 Å². The van der Waals surface area contributed by atoms with Crippen LogP contribution in [-0.2, 0) is 0 Å². The van der Waals surface area contributed by atoms with Gasteiger partial charge in [0, 0.05) is 5.38 Å². The average molecular weight is 185 g/mol. The van der Waals surface area contributed by atoms with Gasteiger partial charge in [-0.15, -0.1) is 0 Å². The Morgan fingerprint density at radius 1 is 1.50 bits per heavy atom. The number of hydrogen-bond acceptors (Lipinski definition) is 2. The van der Waals surface area contributed by atoms with E-state index in [9.17, 15) is 0 Å². The highest BCUT2D eigenvalue weighted by molar-refractivity contribution is 7.03. The van der Waals surface area contributed by atoms with Crippen LogP contribution < -0.4 is 0 Å². The molecule has 0 aliphatic rings. The van der Waals surface area contributed by atoms with Crippen molar-refractivity contribution in [1.29, 1.82) is 0 Å². The van der Waals surface area contributed by atoms with Crippen LogP contribution in [0.15, 0.2) is 5.38 Å². The zero-order valence-electron chi connectivity index (χ0n) is 8.72. The van der Waals surface area contributed by atoms with Crippen molar-refractivity contribution in [2.45, 2.75) is 47.0 Å². The number of aryl methyl sites for hydroxylation is 1. The smallest absolute Gasteiger partial charge is 0.0599 e. The monoisotopic (exact) mass is 185 g/mol.